The van der Waals surface area contributed by atoms with Crippen molar-refractivity contribution in [3.8, 4) is 0 Å². The molecule has 0 aromatic heterocycles. The van der Waals surface area contributed by atoms with Crippen molar-refractivity contribution in [1.82, 2.24) is 9.80 Å². The molecule has 1 fully saturated rings. The maximum atomic E-state index is 13.3. The second-order valence-corrected chi connectivity index (χ2v) is 7.55. The Morgan fingerprint density at radius 2 is 2.14 bits per heavy atom. The van der Waals surface area contributed by atoms with E-state index in [0.717, 1.165) is 51.0 Å². The fourth-order valence-corrected chi connectivity index (χ4v) is 3.85. The number of carbonyl (C=O) groups excluding carboxylic acids is 2. The van der Waals surface area contributed by atoms with E-state index in [2.05, 4.69) is 9.64 Å². The predicted molar refractivity (Wildman–Crippen MR) is 107 cm³/mol. The van der Waals surface area contributed by atoms with Gasteiger partial charge in [-0.1, -0.05) is 12.1 Å². The van der Waals surface area contributed by atoms with E-state index in [1.165, 1.54) is 13.2 Å². The van der Waals surface area contributed by atoms with Crippen LogP contribution in [-0.2, 0) is 20.7 Å². The third-order valence-electron chi connectivity index (χ3n) is 5.42. The van der Waals surface area contributed by atoms with E-state index >= 15 is 0 Å². The Morgan fingerprint density at radius 3 is 2.86 bits per heavy atom. The summed E-state index contributed by atoms with van der Waals surface area (Å²) in [5, 5.41) is 0. The Labute approximate surface area is 167 Å². The molecule has 1 heterocycles. The first-order valence-electron chi connectivity index (χ1n) is 10.3. The summed E-state index contributed by atoms with van der Waals surface area (Å²) in [4.78, 5) is 28.0. The summed E-state index contributed by atoms with van der Waals surface area (Å²) >= 11 is 0. The fourth-order valence-electron chi connectivity index (χ4n) is 3.85. The van der Waals surface area contributed by atoms with Gasteiger partial charge in [0, 0.05) is 39.0 Å². The van der Waals surface area contributed by atoms with Crippen LogP contribution in [-0.4, -0.2) is 61.5 Å². The van der Waals surface area contributed by atoms with Crippen LogP contribution in [0, 0.1) is 11.7 Å². The van der Waals surface area contributed by atoms with Crippen LogP contribution in [0.3, 0.4) is 0 Å². The van der Waals surface area contributed by atoms with Crippen molar-refractivity contribution < 1.29 is 18.7 Å². The van der Waals surface area contributed by atoms with Crippen molar-refractivity contribution in [2.75, 3.05) is 39.8 Å². The lowest BCUT2D eigenvalue weighted by Gasteiger charge is -2.35. The van der Waals surface area contributed by atoms with Gasteiger partial charge in [-0.05, 0) is 62.8 Å². The largest absolute Gasteiger partial charge is 0.469 e. The summed E-state index contributed by atoms with van der Waals surface area (Å²) in [7, 11) is 1.37. The number of piperidine rings is 1. The number of esters is 1. The zero-order chi connectivity index (χ0) is 20.4. The van der Waals surface area contributed by atoms with Gasteiger partial charge >= 0.3 is 5.97 Å². The van der Waals surface area contributed by atoms with Gasteiger partial charge in [-0.25, -0.2) is 4.39 Å². The summed E-state index contributed by atoms with van der Waals surface area (Å²) in [6.45, 7) is 6.41. The summed E-state index contributed by atoms with van der Waals surface area (Å²) < 4.78 is 18.0. The molecular weight excluding hydrogens is 359 g/mol. The molecule has 1 aliphatic rings. The second-order valence-electron chi connectivity index (χ2n) is 7.55. The number of ether oxygens (including phenoxy) is 1. The number of methoxy groups -OCH3 is 1. The number of likely N-dealkylation sites (tertiary alicyclic amines) is 1. The minimum absolute atomic E-state index is 0.114. The summed E-state index contributed by atoms with van der Waals surface area (Å²) in [6.07, 6.45) is 4.31. The SMILES string of the molecule is CCN(C[C@@H]1CCCN(CCc2cccc(F)c2)C1)C(=O)CCCC(=O)OC. The molecule has 1 atom stereocenters. The maximum absolute atomic E-state index is 13.3. The van der Waals surface area contributed by atoms with Crippen molar-refractivity contribution in [3.05, 3.63) is 35.6 Å². The molecule has 1 aliphatic heterocycles. The van der Waals surface area contributed by atoms with Crippen molar-refractivity contribution in [2.24, 2.45) is 5.92 Å². The Kier molecular flexibility index (Phi) is 9.41. The molecule has 5 nitrogen and oxygen atoms in total. The maximum Gasteiger partial charge on any atom is 0.305 e. The number of nitrogens with zero attached hydrogens (tertiary/aromatic N) is 2. The summed E-state index contributed by atoms with van der Waals surface area (Å²) in [5.41, 5.74) is 1.03. The van der Waals surface area contributed by atoms with Crippen LogP contribution in [0.2, 0.25) is 0 Å². The number of rotatable bonds is 10. The Morgan fingerprint density at radius 1 is 1.32 bits per heavy atom. The van der Waals surface area contributed by atoms with E-state index in [0.29, 0.717) is 25.3 Å². The third kappa shape index (κ3) is 7.58. The zero-order valence-electron chi connectivity index (χ0n) is 17.2. The molecule has 1 saturated heterocycles. The second kappa shape index (κ2) is 11.8. The highest BCUT2D eigenvalue weighted by Gasteiger charge is 2.23. The van der Waals surface area contributed by atoms with Crippen molar-refractivity contribution in [1.29, 1.82) is 0 Å². The van der Waals surface area contributed by atoms with Gasteiger partial charge in [0.05, 0.1) is 7.11 Å². The van der Waals surface area contributed by atoms with Gasteiger partial charge in [0.15, 0.2) is 0 Å². The average Bonchev–Trinajstić information content (AvgIpc) is 2.70. The van der Waals surface area contributed by atoms with Gasteiger partial charge in [0.25, 0.3) is 0 Å². The Bertz CT molecular complexity index is 638. The lowest BCUT2D eigenvalue weighted by molar-refractivity contribution is -0.140. The third-order valence-corrected chi connectivity index (χ3v) is 5.42. The number of hydrogen-bond acceptors (Lipinski definition) is 4. The van der Waals surface area contributed by atoms with E-state index < -0.39 is 0 Å². The molecule has 0 bridgehead atoms. The first-order chi connectivity index (χ1) is 13.5. The zero-order valence-corrected chi connectivity index (χ0v) is 17.2. The molecule has 0 saturated carbocycles. The number of benzene rings is 1. The number of amides is 1. The first-order valence-corrected chi connectivity index (χ1v) is 10.3. The number of halogens is 1. The average molecular weight is 393 g/mol. The number of carbonyl (C=O) groups is 2. The molecular formula is C22H33FN2O3. The topological polar surface area (TPSA) is 49.9 Å². The fraction of sp³-hybridized carbons (Fsp3) is 0.636. The minimum atomic E-state index is -0.267. The normalized spacial score (nSPS) is 17.3. The molecule has 0 aliphatic carbocycles. The van der Waals surface area contributed by atoms with Crippen LogP contribution in [0.5, 0.6) is 0 Å². The van der Waals surface area contributed by atoms with Crippen molar-refractivity contribution in [2.45, 2.75) is 45.4 Å². The Hall–Kier alpha value is -1.95. The highest BCUT2D eigenvalue weighted by atomic mass is 19.1. The molecule has 28 heavy (non-hydrogen) atoms. The van der Waals surface area contributed by atoms with Crippen LogP contribution in [0.4, 0.5) is 4.39 Å². The van der Waals surface area contributed by atoms with Crippen molar-refractivity contribution in [3.63, 3.8) is 0 Å². The minimum Gasteiger partial charge on any atom is -0.469 e. The summed E-state index contributed by atoms with van der Waals surface area (Å²) in [5.74, 6) is 0.129. The van der Waals surface area contributed by atoms with E-state index in [9.17, 15) is 14.0 Å². The molecule has 1 aromatic rings. The summed E-state index contributed by atoms with van der Waals surface area (Å²) in [6, 6.07) is 6.81. The number of hydrogen-bond donors (Lipinski definition) is 0. The van der Waals surface area contributed by atoms with Crippen LogP contribution in [0.15, 0.2) is 24.3 Å². The van der Waals surface area contributed by atoms with Crippen LogP contribution in [0.25, 0.3) is 0 Å². The first kappa shape index (κ1) is 22.3. The van der Waals surface area contributed by atoms with Gasteiger partial charge in [-0.2, -0.15) is 0 Å². The standard InChI is InChI=1S/C22H33FN2O3/c1-3-25(21(26)10-5-11-22(27)28-2)17-19-8-6-13-24(16-19)14-12-18-7-4-9-20(23)15-18/h4,7,9,15,19H,3,5-6,8,10-14,16-17H2,1-2H3/t19-/m1/s1. The molecule has 1 aromatic carbocycles. The quantitative estimate of drug-likeness (QED) is 0.574. The molecule has 0 radical (unpaired) electrons. The van der Waals surface area contributed by atoms with Gasteiger partial charge in [-0.15, -0.1) is 0 Å². The molecule has 1 amide bonds. The Balaban J connectivity index is 1.76. The van der Waals surface area contributed by atoms with Crippen LogP contribution < -0.4 is 0 Å². The van der Waals surface area contributed by atoms with Gasteiger partial charge in [0.1, 0.15) is 5.82 Å². The smallest absolute Gasteiger partial charge is 0.305 e. The molecule has 6 heteroatoms. The van der Waals surface area contributed by atoms with Gasteiger partial charge < -0.3 is 14.5 Å². The molecule has 156 valence electrons. The lowest BCUT2D eigenvalue weighted by Crippen LogP contribution is -2.43. The van der Waals surface area contributed by atoms with E-state index in [1.54, 1.807) is 12.1 Å². The lowest BCUT2D eigenvalue weighted by atomic mass is 9.96. The predicted octanol–water partition coefficient (Wildman–Crippen LogP) is 3.27. The molecule has 0 spiro atoms. The van der Waals surface area contributed by atoms with E-state index in [1.807, 2.05) is 17.9 Å². The monoisotopic (exact) mass is 392 g/mol. The van der Waals surface area contributed by atoms with Gasteiger partial charge in [0.2, 0.25) is 5.91 Å². The molecule has 2 rings (SSSR count). The highest BCUT2D eigenvalue weighted by Crippen LogP contribution is 2.19. The van der Waals surface area contributed by atoms with E-state index in [-0.39, 0.29) is 24.1 Å². The molecule has 0 unspecified atom stereocenters. The highest BCUT2D eigenvalue weighted by molar-refractivity contribution is 5.77. The van der Waals surface area contributed by atoms with Crippen LogP contribution >= 0.6 is 0 Å². The van der Waals surface area contributed by atoms with E-state index in [4.69, 9.17) is 0 Å². The molecule has 0 N–H and O–H groups in total. The van der Waals surface area contributed by atoms with Crippen LogP contribution in [0.1, 0.15) is 44.6 Å². The van der Waals surface area contributed by atoms with Crippen molar-refractivity contribution >= 4 is 11.9 Å². The van der Waals surface area contributed by atoms with Gasteiger partial charge in [-0.3, -0.25) is 9.59 Å².